The van der Waals surface area contributed by atoms with Gasteiger partial charge in [0.2, 0.25) is 11.9 Å². The molecule has 0 radical (unpaired) electrons. The molecule has 92 valence electrons. The van der Waals surface area contributed by atoms with E-state index in [9.17, 15) is 4.79 Å². The maximum Gasteiger partial charge on any atom is 0.237 e. The van der Waals surface area contributed by atoms with Crippen molar-refractivity contribution in [1.29, 1.82) is 0 Å². The van der Waals surface area contributed by atoms with Crippen molar-refractivity contribution in [2.24, 2.45) is 5.73 Å². The van der Waals surface area contributed by atoms with Gasteiger partial charge in [0.15, 0.2) is 0 Å². The number of anilines is 2. The Morgan fingerprint density at radius 3 is 2.76 bits per heavy atom. The first-order valence-electron chi connectivity index (χ1n) is 5.80. The fourth-order valence-corrected chi connectivity index (χ4v) is 2.30. The predicted molar refractivity (Wildman–Crippen MR) is 65.2 cm³/mol. The lowest BCUT2D eigenvalue weighted by Crippen LogP contribution is -2.40. The van der Waals surface area contributed by atoms with Crippen LogP contribution >= 0.6 is 0 Å². The van der Waals surface area contributed by atoms with E-state index < -0.39 is 0 Å². The largest absolute Gasteiger partial charge is 0.368 e. The molecule has 0 atom stereocenters. The molecule has 1 aromatic rings. The second-order valence-corrected chi connectivity index (χ2v) is 4.31. The number of hydrogen-bond donors (Lipinski definition) is 2. The average molecular weight is 235 g/mol. The lowest BCUT2D eigenvalue weighted by atomic mass is 10.2. The van der Waals surface area contributed by atoms with Gasteiger partial charge in [0, 0.05) is 12.2 Å². The highest BCUT2D eigenvalue weighted by molar-refractivity contribution is 5.79. The van der Waals surface area contributed by atoms with Gasteiger partial charge in [0.05, 0.1) is 6.54 Å². The smallest absolute Gasteiger partial charge is 0.237 e. The predicted octanol–water partition coefficient (Wildman–Crippen LogP) is 0.293. The Morgan fingerprint density at radius 1 is 1.47 bits per heavy atom. The quantitative estimate of drug-likeness (QED) is 0.781. The van der Waals surface area contributed by atoms with Crippen molar-refractivity contribution in [3.8, 4) is 0 Å². The second kappa shape index (κ2) is 4.99. The molecule has 0 unspecified atom stereocenters. The number of hydrogen-bond acceptors (Lipinski definition) is 5. The van der Waals surface area contributed by atoms with E-state index in [4.69, 9.17) is 11.5 Å². The highest BCUT2D eigenvalue weighted by Crippen LogP contribution is 2.26. The van der Waals surface area contributed by atoms with E-state index in [1.807, 2.05) is 4.90 Å². The van der Waals surface area contributed by atoms with E-state index in [1.54, 1.807) is 12.3 Å². The Kier molecular flexibility index (Phi) is 3.41. The molecule has 1 aliphatic rings. The zero-order chi connectivity index (χ0) is 12.3. The summed E-state index contributed by atoms with van der Waals surface area (Å²) in [6, 6.07) is 2.09. The first-order valence-corrected chi connectivity index (χ1v) is 5.80. The maximum atomic E-state index is 11.1. The number of carbonyl (C=O) groups excluding carboxylic acids is 1. The minimum absolute atomic E-state index is 0.182. The van der Waals surface area contributed by atoms with E-state index in [0.717, 1.165) is 12.8 Å². The number of amides is 1. The van der Waals surface area contributed by atoms with Gasteiger partial charge < -0.3 is 16.4 Å². The van der Waals surface area contributed by atoms with Crippen LogP contribution in [0.15, 0.2) is 12.3 Å². The van der Waals surface area contributed by atoms with Crippen LogP contribution in [0.25, 0.3) is 0 Å². The molecule has 1 saturated carbocycles. The molecule has 6 heteroatoms. The Balaban J connectivity index is 2.22. The number of nitrogen functional groups attached to an aromatic ring is 1. The van der Waals surface area contributed by atoms with Crippen molar-refractivity contribution >= 4 is 17.7 Å². The third kappa shape index (κ3) is 2.83. The second-order valence-electron chi connectivity index (χ2n) is 4.31. The normalized spacial score (nSPS) is 16.0. The van der Waals surface area contributed by atoms with Gasteiger partial charge in [-0.15, -0.1) is 0 Å². The van der Waals surface area contributed by atoms with E-state index >= 15 is 0 Å². The molecule has 2 rings (SSSR count). The number of aromatic nitrogens is 2. The van der Waals surface area contributed by atoms with E-state index in [-0.39, 0.29) is 18.4 Å². The highest BCUT2D eigenvalue weighted by Gasteiger charge is 2.25. The molecule has 4 N–H and O–H groups in total. The topological polar surface area (TPSA) is 98.1 Å². The molecule has 0 bridgehead atoms. The van der Waals surface area contributed by atoms with Crippen LogP contribution in [0, 0.1) is 0 Å². The molecular formula is C11H17N5O. The Morgan fingerprint density at radius 2 is 2.18 bits per heavy atom. The molecule has 1 aromatic heterocycles. The highest BCUT2D eigenvalue weighted by atomic mass is 16.1. The summed E-state index contributed by atoms with van der Waals surface area (Å²) in [6.45, 7) is 0.182. The number of nitrogens with zero attached hydrogens (tertiary/aromatic N) is 3. The van der Waals surface area contributed by atoms with Crippen molar-refractivity contribution < 1.29 is 4.79 Å². The van der Waals surface area contributed by atoms with Crippen LogP contribution in [0.2, 0.25) is 0 Å². The molecule has 1 amide bonds. The zero-order valence-electron chi connectivity index (χ0n) is 9.67. The summed E-state index contributed by atoms with van der Waals surface area (Å²) >= 11 is 0. The third-order valence-electron chi connectivity index (χ3n) is 3.05. The van der Waals surface area contributed by atoms with Crippen LogP contribution in [-0.2, 0) is 4.79 Å². The summed E-state index contributed by atoms with van der Waals surface area (Å²) in [6.07, 6.45) is 6.09. The fraction of sp³-hybridized carbons (Fsp3) is 0.545. The van der Waals surface area contributed by atoms with E-state index in [1.165, 1.54) is 12.8 Å². The maximum absolute atomic E-state index is 11.1. The first kappa shape index (κ1) is 11.6. The van der Waals surface area contributed by atoms with Gasteiger partial charge in [-0.25, -0.2) is 4.98 Å². The van der Waals surface area contributed by atoms with Gasteiger partial charge in [0.1, 0.15) is 5.82 Å². The van der Waals surface area contributed by atoms with Crippen molar-refractivity contribution in [3.63, 3.8) is 0 Å². The lowest BCUT2D eigenvalue weighted by molar-refractivity contribution is -0.116. The van der Waals surface area contributed by atoms with Crippen LogP contribution in [-0.4, -0.2) is 28.5 Å². The molecule has 1 aliphatic carbocycles. The van der Waals surface area contributed by atoms with Gasteiger partial charge >= 0.3 is 0 Å². The average Bonchev–Trinajstić information content (AvgIpc) is 2.79. The standard InChI is InChI=1S/C11H17N5O/c12-9(17)7-16(8-3-1-2-4-8)10-5-6-14-11(13)15-10/h5-6,8H,1-4,7H2,(H2,12,17)(H2,13,14,15). The molecule has 0 aliphatic heterocycles. The third-order valence-corrected chi connectivity index (χ3v) is 3.05. The van der Waals surface area contributed by atoms with Gasteiger partial charge in [-0.3, -0.25) is 4.79 Å². The van der Waals surface area contributed by atoms with Crippen molar-refractivity contribution in [1.82, 2.24) is 9.97 Å². The number of carbonyl (C=O) groups is 1. The fourth-order valence-electron chi connectivity index (χ4n) is 2.30. The molecule has 0 spiro atoms. The zero-order valence-corrected chi connectivity index (χ0v) is 9.67. The van der Waals surface area contributed by atoms with E-state index in [0.29, 0.717) is 11.9 Å². The first-order chi connectivity index (χ1) is 8.16. The SMILES string of the molecule is NC(=O)CN(c1ccnc(N)n1)C1CCCC1. The van der Waals surface area contributed by atoms with Gasteiger partial charge in [-0.05, 0) is 18.9 Å². The van der Waals surface area contributed by atoms with Crippen molar-refractivity contribution in [3.05, 3.63) is 12.3 Å². The number of primary amides is 1. The minimum Gasteiger partial charge on any atom is -0.368 e. The Labute approximate surface area is 100 Å². The summed E-state index contributed by atoms with van der Waals surface area (Å²) in [5.41, 5.74) is 10.8. The number of nitrogens with two attached hydrogens (primary N) is 2. The summed E-state index contributed by atoms with van der Waals surface area (Å²) in [7, 11) is 0. The Hall–Kier alpha value is -1.85. The number of rotatable bonds is 4. The van der Waals surface area contributed by atoms with Gasteiger partial charge in [-0.1, -0.05) is 12.8 Å². The Bertz CT molecular complexity index is 403. The van der Waals surface area contributed by atoms with Crippen molar-refractivity contribution in [2.75, 3.05) is 17.2 Å². The van der Waals surface area contributed by atoms with E-state index in [2.05, 4.69) is 9.97 Å². The van der Waals surface area contributed by atoms with Gasteiger partial charge in [-0.2, -0.15) is 4.98 Å². The summed E-state index contributed by atoms with van der Waals surface area (Å²) < 4.78 is 0. The molecule has 0 aromatic carbocycles. The molecule has 1 fully saturated rings. The van der Waals surface area contributed by atoms with Crippen LogP contribution < -0.4 is 16.4 Å². The van der Waals surface area contributed by atoms with Crippen LogP contribution in [0.5, 0.6) is 0 Å². The lowest BCUT2D eigenvalue weighted by Gasteiger charge is -2.28. The molecule has 1 heterocycles. The van der Waals surface area contributed by atoms with Crippen LogP contribution in [0.1, 0.15) is 25.7 Å². The monoisotopic (exact) mass is 235 g/mol. The van der Waals surface area contributed by atoms with Crippen molar-refractivity contribution in [2.45, 2.75) is 31.7 Å². The summed E-state index contributed by atoms with van der Waals surface area (Å²) in [5.74, 6) is 0.548. The summed E-state index contributed by atoms with van der Waals surface area (Å²) in [4.78, 5) is 21.1. The van der Waals surface area contributed by atoms with Gasteiger partial charge in [0.25, 0.3) is 0 Å². The van der Waals surface area contributed by atoms with Crippen LogP contribution in [0.3, 0.4) is 0 Å². The molecular weight excluding hydrogens is 218 g/mol. The molecule has 17 heavy (non-hydrogen) atoms. The molecule has 0 saturated heterocycles. The molecule has 6 nitrogen and oxygen atoms in total. The van der Waals surface area contributed by atoms with Crippen LogP contribution in [0.4, 0.5) is 11.8 Å². The minimum atomic E-state index is -0.353. The summed E-state index contributed by atoms with van der Waals surface area (Å²) in [5, 5.41) is 0.